The van der Waals surface area contributed by atoms with Crippen LogP contribution in [0, 0.1) is 11.3 Å². The number of nitrogens with one attached hydrogen (secondary N) is 1. The molecule has 134 valence electrons. The predicted octanol–water partition coefficient (Wildman–Crippen LogP) is 2.21. The highest BCUT2D eigenvalue weighted by Gasteiger charge is 2.41. The predicted molar refractivity (Wildman–Crippen MR) is 93.5 cm³/mol. The molecule has 0 bridgehead atoms. The third-order valence-corrected chi connectivity index (χ3v) is 8.33. The summed E-state index contributed by atoms with van der Waals surface area (Å²) in [7, 11) is -1.31. The van der Waals surface area contributed by atoms with Crippen molar-refractivity contribution >= 4 is 10.2 Å². The van der Waals surface area contributed by atoms with E-state index in [2.05, 4.69) is 5.32 Å². The molecule has 0 aromatic carbocycles. The van der Waals surface area contributed by atoms with E-state index in [-0.39, 0.29) is 0 Å². The van der Waals surface area contributed by atoms with Crippen molar-refractivity contribution in [3.8, 4) is 0 Å². The van der Waals surface area contributed by atoms with E-state index >= 15 is 0 Å². The van der Waals surface area contributed by atoms with Crippen LogP contribution in [0.1, 0.15) is 57.8 Å². The molecule has 3 aliphatic rings. The van der Waals surface area contributed by atoms with Crippen LogP contribution in [0.25, 0.3) is 0 Å². The summed E-state index contributed by atoms with van der Waals surface area (Å²) in [6.07, 6.45) is 10.9. The van der Waals surface area contributed by atoms with Gasteiger partial charge in [0.1, 0.15) is 0 Å². The highest BCUT2D eigenvalue weighted by Crippen LogP contribution is 2.45. The van der Waals surface area contributed by atoms with Crippen molar-refractivity contribution in [3.63, 3.8) is 0 Å². The second kappa shape index (κ2) is 7.38. The Morgan fingerprint density at radius 1 is 0.957 bits per heavy atom. The Kier molecular flexibility index (Phi) is 5.66. The molecule has 2 aliphatic heterocycles. The van der Waals surface area contributed by atoms with E-state index in [0.717, 1.165) is 45.3 Å². The monoisotopic (exact) mass is 343 g/mol. The zero-order valence-corrected chi connectivity index (χ0v) is 15.4. The van der Waals surface area contributed by atoms with Crippen molar-refractivity contribution in [1.29, 1.82) is 0 Å². The summed E-state index contributed by atoms with van der Waals surface area (Å²) >= 11 is 0. The van der Waals surface area contributed by atoms with Gasteiger partial charge in [0.2, 0.25) is 0 Å². The summed E-state index contributed by atoms with van der Waals surface area (Å²) in [5, 5.41) is 3.19. The molecule has 6 heteroatoms. The molecule has 0 radical (unpaired) electrons. The Labute approximate surface area is 142 Å². The van der Waals surface area contributed by atoms with E-state index in [4.69, 9.17) is 0 Å². The van der Waals surface area contributed by atoms with Crippen LogP contribution < -0.4 is 5.32 Å². The zero-order chi connectivity index (χ0) is 16.3. The van der Waals surface area contributed by atoms with Crippen LogP contribution >= 0.6 is 0 Å². The minimum Gasteiger partial charge on any atom is -0.319 e. The largest absolute Gasteiger partial charge is 0.319 e. The smallest absolute Gasteiger partial charge is 0.281 e. The van der Waals surface area contributed by atoms with Crippen molar-refractivity contribution in [1.82, 2.24) is 13.9 Å². The second-order valence-electron chi connectivity index (χ2n) is 7.89. The first kappa shape index (κ1) is 17.6. The Balaban J connectivity index is 1.60. The van der Waals surface area contributed by atoms with Crippen LogP contribution in [-0.4, -0.2) is 56.8 Å². The van der Waals surface area contributed by atoms with Gasteiger partial charge in [-0.15, -0.1) is 0 Å². The van der Waals surface area contributed by atoms with Gasteiger partial charge in [0, 0.05) is 26.2 Å². The van der Waals surface area contributed by atoms with E-state index < -0.39 is 10.2 Å². The van der Waals surface area contributed by atoms with Crippen molar-refractivity contribution in [2.24, 2.45) is 11.3 Å². The van der Waals surface area contributed by atoms with Gasteiger partial charge in [0.05, 0.1) is 0 Å². The van der Waals surface area contributed by atoms with Gasteiger partial charge in [-0.1, -0.05) is 19.3 Å². The molecule has 5 nitrogen and oxygen atoms in total. The molecule has 1 N–H and O–H groups in total. The Hall–Kier alpha value is -0.170. The molecule has 0 amide bonds. The minimum atomic E-state index is -3.25. The summed E-state index contributed by atoms with van der Waals surface area (Å²) in [5.74, 6) is 0.456. The molecule has 1 saturated carbocycles. The van der Waals surface area contributed by atoms with Crippen LogP contribution in [0.2, 0.25) is 0 Å². The fraction of sp³-hybridized carbons (Fsp3) is 1.00. The van der Waals surface area contributed by atoms with Gasteiger partial charge < -0.3 is 5.32 Å². The van der Waals surface area contributed by atoms with Crippen LogP contribution in [0.15, 0.2) is 0 Å². The van der Waals surface area contributed by atoms with E-state index in [0.29, 0.717) is 24.4 Å². The van der Waals surface area contributed by atoms with Crippen molar-refractivity contribution < 1.29 is 8.42 Å². The lowest BCUT2D eigenvalue weighted by Gasteiger charge is -2.45. The first-order valence-corrected chi connectivity index (χ1v) is 10.9. The molecule has 3 fully saturated rings. The van der Waals surface area contributed by atoms with E-state index in [9.17, 15) is 8.42 Å². The molecule has 2 heterocycles. The molecule has 0 aromatic heterocycles. The SMILES string of the molecule is CNCC1CCCN(S(=O)(=O)N2CCC3(CCCCC3)CC2)C1. The Morgan fingerprint density at radius 2 is 1.65 bits per heavy atom. The van der Waals surface area contributed by atoms with Crippen LogP contribution in [-0.2, 0) is 10.2 Å². The molecule has 0 aromatic rings. The van der Waals surface area contributed by atoms with Gasteiger partial charge in [-0.25, -0.2) is 0 Å². The molecule has 2 saturated heterocycles. The summed E-state index contributed by atoms with van der Waals surface area (Å²) in [6, 6.07) is 0. The average molecular weight is 344 g/mol. The second-order valence-corrected chi connectivity index (χ2v) is 9.82. The Morgan fingerprint density at radius 3 is 2.30 bits per heavy atom. The molecule has 1 spiro atoms. The van der Waals surface area contributed by atoms with Gasteiger partial charge in [0.25, 0.3) is 10.2 Å². The number of piperidine rings is 2. The fourth-order valence-electron chi connectivity index (χ4n) is 4.85. The van der Waals surface area contributed by atoms with Gasteiger partial charge in [-0.3, -0.25) is 0 Å². The van der Waals surface area contributed by atoms with Crippen LogP contribution in [0.3, 0.4) is 0 Å². The fourth-order valence-corrected chi connectivity index (χ4v) is 6.58. The standard InChI is InChI=1S/C17H33N3O2S/c1-18-14-16-6-5-11-20(15-16)23(21,22)19-12-9-17(10-13-19)7-3-2-4-8-17/h16,18H,2-15H2,1H3. The van der Waals surface area contributed by atoms with E-state index in [1.807, 2.05) is 7.05 Å². The lowest BCUT2D eigenvalue weighted by Crippen LogP contribution is -2.52. The lowest BCUT2D eigenvalue weighted by atomic mass is 9.68. The molecule has 1 atom stereocenters. The zero-order valence-electron chi connectivity index (χ0n) is 14.6. The number of hydrogen-bond donors (Lipinski definition) is 1. The summed E-state index contributed by atoms with van der Waals surface area (Å²) in [6.45, 7) is 3.76. The first-order chi connectivity index (χ1) is 11.1. The number of rotatable bonds is 4. The van der Waals surface area contributed by atoms with Gasteiger partial charge in [0.15, 0.2) is 0 Å². The van der Waals surface area contributed by atoms with Crippen LogP contribution in [0.5, 0.6) is 0 Å². The quantitative estimate of drug-likeness (QED) is 0.851. The van der Waals surface area contributed by atoms with Gasteiger partial charge >= 0.3 is 0 Å². The van der Waals surface area contributed by atoms with Crippen LogP contribution in [0.4, 0.5) is 0 Å². The molecule has 1 aliphatic carbocycles. The van der Waals surface area contributed by atoms with Crippen molar-refractivity contribution in [3.05, 3.63) is 0 Å². The summed E-state index contributed by atoms with van der Waals surface area (Å²) in [4.78, 5) is 0. The summed E-state index contributed by atoms with van der Waals surface area (Å²) in [5.41, 5.74) is 0.459. The molecular weight excluding hydrogens is 310 g/mol. The first-order valence-electron chi connectivity index (χ1n) is 9.46. The maximum Gasteiger partial charge on any atom is 0.281 e. The number of hydrogen-bond acceptors (Lipinski definition) is 3. The molecule has 1 unspecified atom stereocenters. The minimum absolute atomic E-state index is 0.456. The van der Waals surface area contributed by atoms with Gasteiger partial charge in [-0.05, 0) is 63.5 Å². The third-order valence-electron chi connectivity index (χ3n) is 6.32. The lowest BCUT2D eigenvalue weighted by molar-refractivity contribution is 0.0980. The van der Waals surface area contributed by atoms with Crippen molar-refractivity contribution in [2.75, 3.05) is 39.8 Å². The maximum atomic E-state index is 13.0. The number of nitrogens with zero attached hydrogens (tertiary/aromatic N) is 2. The summed E-state index contributed by atoms with van der Waals surface area (Å²) < 4.78 is 29.5. The Bertz CT molecular complexity index is 476. The highest BCUT2D eigenvalue weighted by molar-refractivity contribution is 7.86. The molecule has 23 heavy (non-hydrogen) atoms. The van der Waals surface area contributed by atoms with E-state index in [1.165, 1.54) is 32.1 Å². The molecular formula is C17H33N3O2S. The normalized spacial score (nSPS) is 30.6. The van der Waals surface area contributed by atoms with E-state index in [1.54, 1.807) is 8.61 Å². The topological polar surface area (TPSA) is 52.7 Å². The van der Waals surface area contributed by atoms with Crippen molar-refractivity contribution in [2.45, 2.75) is 57.8 Å². The highest BCUT2D eigenvalue weighted by atomic mass is 32.2. The average Bonchev–Trinajstić information content (AvgIpc) is 2.57. The third kappa shape index (κ3) is 3.91. The molecule has 3 rings (SSSR count). The maximum absolute atomic E-state index is 13.0. The van der Waals surface area contributed by atoms with Gasteiger partial charge in [-0.2, -0.15) is 17.0 Å².